The van der Waals surface area contributed by atoms with E-state index in [-0.39, 0.29) is 5.97 Å². The van der Waals surface area contributed by atoms with Gasteiger partial charge in [-0.15, -0.1) is 0 Å². The molecule has 0 saturated carbocycles. The summed E-state index contributed by atoms with van der Waals surface area (Å²) in [5.41, 5.74) is 5.39. The minimum absolute atomic E-state index is 0.343. The molecule has 0 unspecified atom stereocenters. The van der Waals surface area contributed by atoms with Gasteiger partial charge in [-0.3, -0.25) is 0 Å². The summed E-state index contributed by atoms with van der Waals surface area (Å²) in [6.07, 6.45) is 3.99. The predicted molar refractivity (Wildman–Crippen MR) is 143 cm³/mol. The summed E-state index contributed by atoms with van der Waals surface area (Å²) in [7, 11) is -0.449. The molecule has 1 aliphatic heterocycles. The van der Waals surface area contributed by atoms with E-state index in [0.717, 1.165) is 45.2 Å². The average Bonchev–Trinajstić information content (AvgIpc) is 3.33. The van der Waals surface area contributed by atoms with Crippen molar-refractivity contribution in [1.82, 2.24) is 4.98 Å². The molecule has 1 aromatic heterocycles. The van der Waals surface area contributed by atoms with Crippen molar-refractivity contribution in [3.63, 3.8) is 0 Å². The molecule has 1 aliphatic rings. The van der Waals surface area contributed by atoms with Crippen LogP contribution in [0.5, 0.6) is 0 Å². The van der Waals surface area contributed by atoms with Crippen LogP contribution in [-0.4, -0.2) is 35.9 Å². The molecule has 4 rings (SSSR count). The molecule has 2 heterocycles. The van der Waals surface area contributed by atoms with Crippen molar-refractivity contribution >= 4 is 35.6 Å². The first-order valence-electron chi connectivity index (χ1n) is 12.3. The Morgan fingerprint density at radius 2 is 1.66 bits per heavy atom. The summed E-state index contributed by atoms with van der Waals surface area (Å²) in [5.74, 6) is -0.343. The minimum Gasteiger partial charge on any atom is -0.463 e. The third-order valence-corrected chi connectivity index (χ3v) is 6.94. The highest BCUT2D eigenvalue weighted by Gasteiger charge is 2.52. The topological polar surface area (TPSA) is 60.6 Å². The maximum atomic E-state index is 11.7. The number of ether oxygens (including phenoxy) is 1. The molecule has 182 valence electrons. The molecular formula is C29H34BNO4. The molecule has 2 aromatic carbocycles. The van der Waals surface area contributed by atoms with Crippen molar-refractivity contribution in [3.8, 4) is 0 Å². The second kappa shape index (κ2) is 9.88. The van der Waals surface area contributed by atoms with Gasteiger partial charge in [0.15, 0.2) is 0 Å². The lowest BCUT2D eigenvalue weighted by molar-refractivity contribution is -0.137. The molecule has 5 nitrogen and oxygen atoms in total. The first-order chi connectivity index (χ1) is 16.6. The van der Waals surface area contributed by atoms with Gasteiger partial charge in [-0.05, 0) is 75.8 Å². The lowest BCUT2D eigenvalue weighted by Gasteiger charge is -2.32. The zero-order valence-electron chi connectivity index (χ0n) is 21.5. The van der Waals surface area contributed by atoms with Crippen LogP contribution in [0.15, 0.2) is 66.1 Å². The summed E-state index contributed by atoms with van der Waals surface area (Å²) >= 11 is 0. The van der Waals surface area contributed by atoms with Crippen LogP contribution in [0.1, 0.15) is 64.8 Å². The fourth-order valence-electron chi connectivity index (χ4n) is 4.28. The molecule has 1 N–H and O–H groups in total. The van der Waals surface area contributed by atoms with E-state index in [4.69, 9.17) is 14.0 Å². The lowest BCUT2D eigenvalue weighted by atomic mass is 9.71. The number of benzene rings is 2. The number of carbonyl (C=O) groups excluding carboxylic acids is 1. The van der Waals surface area contributed by atoms with Gasteiger partial charge < -0.3 is 19.0 Å². The number of hydrogen-bond donors (Lipinski definition) is 1. The highest BCUT2D eigenvalue weighted by atomic mass is 16.7. The standard InChI is InChI=1S/C29H34BNO4/c1-7-23(30-34-28(3,4)29(5,6)35-30)27(25-19-22-11-9-10-12-24(22)31-25)21-16-13-20(14-17-21)15-18-26(32)33-8-2/h9-19,31H,7-8H2,1-6H3/b18-15+,27-23+. The summed E-state index contributed by atoms with van der Waals surface area (Å²) in [6.45, 7) is 12.6. The molecule has 35 heavy (non-hydrogen) atoms. The molecule has 1 fully saturated rings. The van der Waals surface area contributed by atoms with Crippen LogP contribution in [0.25, 0.3) is 22.6 Å². The minimum atomic E-state index is -0.449. The Morgan fingerprint density at radius 1 is 1.00 bits per heavy atom. The fraction of sp³-hybridized carbons (Fsp3) is 0.345. The first kappa shape index (κ1) is 25.0. The van der Waals surface area contributed by atoms with E-state index in [1.54, 1.807) is 13.0 Å². The number of H-pyrrole nitrogens is 1. The largest absolute Gasteiger partial charge is 0.491 e. The highest BCUT2D eigenvalue weighted by molar-refractivity contribution is 6.56. The van der Waals surface area contributed by atoms with Crippen LogP contribution in [-0.2, 0) is 18.8 Å². The molecular weight excluding hydrogens is 437 g/mol. The summed E-state index contributed by atoms with van der Waals surface area (Å²) in [5, 5.41) is 1.15. The molecule has 0 radical (unpaired) electrons. The normalized spacial score (nSPS) is 17.7. The van der Waals surface area contributed by atoms with Gasteiger partial charge in [-0.1, -0.05) is 49.4 Å². The molecule has 0 amide bonds. The van der Waals surface area contributed by atoms with E-state index >= 15 is 0 Å². The van der Waals surface area contributed by atoms with Crippen molar-refractivity contribution in [2.75, 3.05) is 6.61 Å². The number of fused-ring (bicyclic) bond motifs is 1. The summed E-state index contributed by atoms with van der Waals surface area (Å²) in [6, 6.07) is 18.6. The van der Waals surface area contributed by atoms with Gasteiger partial charge in [0.25, 0.3) is 0 Å². The fourth-order valence-corrected chi connectivity index (χ4v) is 4.28. The van der Waals surface area contributed by atoms with Gasteiger partial charge in [0.05, 0.1) is 17.8 Å². The van der Waals surface area contributed by atoms with Gasteiger partial charge in [-0.2, -0.15) is 0 Å². The number of esters is 1. The van der Waals surface area contributed by atoms with Crippen molar-refractivity contribution in [2.45, 2.75) is 59.2 Å². The van der Waals surface area contributed by atoms with Gasteiger partial charge >= 0.3 is 13.1 Å². The van der Waals surface area contributed by atoms with Crippen molar-refractivity contribution in [3.05, 3.63) is 83.0 Å². The smallest absolute Gasteiger partial charge is 0.463 e. The number of carbonyl (C=O) groups is 1. The Kier molecular flexibility index (Phi) is 7.06. The van der Waals surface area contributed by atoms with Gasteiger partial charge in [-0.25, -0.2) is 4.79 Å². The first-order valence-corrected chi connectivity index (χ1v) is 12.3. The molecule has 1 saturated heterocycles. The zero-order valence-corrected chi connectivity index (χ0v) is 21.5. The number of para-hydroxylation sites is 1. The van der Waals surface area contributed by atoms with E-state index in [0.29, 0.717) is 6.61 Å². The third-order valence-electron chi connectivity index (χ3n) is 6.94. The van der Waals surface area contributed by atoms with E-state index in [9.17, 15) is 4.79 Å². The van der Waals surface area contributed by atoms with Gasteiger partial charge in [0.1, 0.15) is 0 Å². The molecule has 3 aromatic rings. The van der Waals surface area contributed by atoms with Crippen LogP contribution in [0.4, 0.5) is 0 Å². The van der Waals surface area contributed by atoms with Crippen LogP contribution >= 0.6 is 0 Å². The number of rotatable bonds is 7. The van der Waals surface area contributed by atoms with Crippen LogP contribution in [0, 0.1) is 0 Å². The monoisotopic (exact) mass is 471 g/mol. The Hall–Kier alpha value is -3.09. The number of hydrogen-bond acceptors (Lipinski definition) is 4. The average molecular weight is 471 g/mol. The highest BCUT2D eigenvalue weighted by Crippen LogP contribution is 2.42. The zero-order chi connectivity index (χ0) is 25.2. The van der Waals surface area contributed by atoms with E-state index in [1.165, 1.54) is 6.08 Å². The van der Waals surface area contributed by atoms with Gasteiger partial charge in [0, 0.05) is 28.2 Å². The quantitative estimate of drug-likeness (QED) is 0.240. The summed E-state index contributed by atoms with van der Waals surface area (Å²) < 4.78 is 17.9. The van der Waals surface area contributed by atoms with Crippen LogP contribution < -0.4 is 0 Å². The number of aromatic amines is 1. The number of allylic oxidation sites excluding steroid dienone is 1. The number of aromatic nitrogens is 1. The second-order valence-corrected chi connectivity index (χ2v) is 9.82. The van der Waals surface area contributed by atoms with Crippen molar-refractivity contribution < 1.29 is 18.8 Å². The SMILES string of the molecule is CCOC(=O)/C=C/c1ccc(/C(=C(/CC)B2OC(C)(C)C(C)(C)O2)c2cc3ccccc3[nH]2)cc1. The lowest BCUT2D eigenvalue weighted by Crippen LogP contribution is -2.41. The Morgan fingerprint density at radius 3 is 2.26 bits per heavy atom. The van der Waals surface area contributed by atoms with Crippen molar-refractivity contribution in [2.24, 2.45) is 0 Å². The van der Waals surface area contributed by atoms with Crippen LogP contribution in [0.3, 0.4) is 0 Å². The predicted octanol–water partition coefficient (Wildman–Crippen LogP) is 6.59. The Balaban J connectivity index is 1.80. The summed E-state index contributed by atoms with van der Waals surface area (Å²) in [4.78, 5) is 15.3. The molecule has 0 bridgehead atoms. The van der Waals surface area contributed by atoms with Gasteiger partial charge in [0.2, 0.25) is 0 Å². The molecule has 6 heteroatoms. The van der Waals surface area contributed by atoms with E-state index in [2.05, 4.69) is 69.9 Å². The molecule has 0 spiro atoms. The maximum Gasteiger partial charge on any atom is 0.491 e. The number of nitrogens with one attached hydrogen (secondary N) is 1. The van der Waals surface area contributed by atoms with E-state index < -0.39 is 18.3 Å². The van der Waals surface area contributed by atoms with Crippen LogP contribution in [0.2, 0.25) is 0 Å². The van der Waals surface area contributed by atoms with E-state index in [1.807, 2.05) is 24.3 Å². The molecule has 0 aliphatic carbocycles. The Labute approximate surface area is 208 Å². The maximum absolute atomic E-state index is 11.7. The third kappa shape index (κ3) is 5.14. The second-order valence-electron chi connectivity index (χ2n) is 9.82. The molecule has 0 atom stereocenters. The van der Waals surface area contributed by atoms with Crippen molar-refractivity contribution in [1.29, 1.82) is 0 Å². The Bertz CT molecular complexity index is 1220.